The van der Waals surface area contributed by atoms with E-state index in [0.717, 1.165) is 16.7 Å². The molecule has 3 aromatic rings. The van der Waals surface area contributed by atoms with Crippen LogP contribution in [-0.4, -0.2) is 17.5 Å². The molecule has 5 nitrogen and oxygen atoms in total. The SMILES string of the molecule is [C-]#[N+]c1ccc(N2C(=O)N(c3ccc(-c4ccccc4)cc3)C(C)(C)C2=O)cc1C. The molecule has 0 unspecified atom stereocenters. The van der Waals surface area contributed by atoms with Gasteiger partial charge in [-0.2, -0.15) is 0 Å². The largest absolute Gasteiger partial charge is 0.336 e. The quantitative estimate of drug-likeness (QED) is 0.405. The number of aryl methyl sites for hydroxylation is 1. The van der Waals surface area contributed by atoms with E-state index in [-0.39, 0.29) is 5.91 Å². The molecule has 3 aromatic carbocycles. The maximum absolute atomic E-state index is 13.3. The van der Waals surface area contributed by atoms with Crippen molar-refractivity contribution in [3.63, 3.8) is 0 Å². The zero-order chi connectivity index (χ0) is 21.5. The highest BCUT2D eigenvalue weighted by Crippen LogP contribution is 2.37. The minimum absolute atomic E-state index is 0.297. The number of hydrogen-bond acceptors (Lipinski definition) is 2. The van der Waals surface area contributed by atoms with Gasteiger partial charge in [0.05, 0.1) is 12.3 Å². The Hall–Kier alpha value is -3.91. The van der Waals surface area contributed by atoms with Crippen molar-refractivity contribution in [3.05, 3.63) is 89.8 Å². The van der Waals surface area contributed by atoms with Gasteiger partial charge in [0.25, 0.3) is 5.91 Å². The number of nitrogens with zero attached hydrogens (tertiary/aromatic N) is 3. The van der Waals surface area contributed by atoms with Crippen molar-refractivity contribution < 1.29 is 9.59 Å². The summed E-state index contributed by atoms with van der Waals surface area (Å²) in [6, 6.07) is 22.2. The van der Waals surface area contributed by atoms with Crippen LogP contribution >= 0.6 is 0 Å². The van der Waals surface area contributed by atoms with E-state index in [2.05, 4.69) is 4.85 Å². The second-order valence-corrected chi connectivity index (χ2v) is 7.81. The smallest absolute Gasteiger partial charge is 0.279 e. The first-order chi connectivity index (χ1) is 14.3. The minimum Gasteiger partial charge on any atom is -0.279 e. The average molecular weight is 395 g/mol. The van der Waals surface area contributed by atoms with E-state index in [1.165, 1.54) is 9.80 Å². The summed E-state index contributed by atoms with van der Waals surface area (Å²) in [7, 11) is 0. The molecule has 1 heterocycles. The average Bonchev–Trinajstić information content (AvgIpc) is 2.92. The normalized spacial score (nSPS) is 15.4. The van der Waals surface area contributed by atoms with Gasteiger partial charge in [-0.1, -0.05) is 48.5 Å². The predicted octanol–water partition coefficient (Wildman–Crippen LogP) is 5.96. The van der Waals surface area contributed by atoms with Crippen molar-refractivity contribution in [2.75, 3.05) is 9.80 Å². The third kappa shape index (κ3) is 3.03. The van der Waals surface area contributed by atoms with Gasteiger partial charge in [0.2, 0.25) is 0 Å². The van der Waals surface area contributed by atoms with Crippen molar-refractivity contribution in [1.82, 2.24) is 0 Å². The van der Waals surface area contributed by atoms with Gasteiger partial charge in [0.1, 0.15) is 5.54 Å². The van der Waals surface area contributed by atoms with Crippen LogP contribution in [0.3, 0.4) is 0 Å². The summed E-state index contributed by atoms with van der Waals surface area (Å²) in [6.07, 6.45) is 0. The first-order valence-electron chi connectivity index (χ1n) is 9.67. The van der Waals surface area contributed by atoms with Gasteiger partial charge in [-0.25, -0.2) is 14.5 Å². The van der Waals surface area contributed by atoms with Crippen molar-refractivity contribution in [1.29, 1.82) is 0 Å². The molecule has 1 aliphatic heterocycles. The van der Waals surface area contributed by atoms with Crippen LogP contribution < -0.4 is 9.80 Å². The molecule has 0 atom stereocenters. The van der Waals surface area contributed by atoms with Crippen LogP contribution in [0.2, 0.25) is 0 Å². The molecule has 0 aliphatic carbocycles. The second-order valence-electron chi connectivity index (χ2n) is 7.81. The Bertz CT molecular complexity index is 1180. The number of benzene rings is 3. The van der Waals surface area contributed by atoms with E-state index in [1.54, 1.807) is 39.0 Å². The van der Waals surface area contributed by atoms with Crippen LogP contribution in [0.5, 0.6) is 0 Å². The third-order valence-electron chi connectivity index (χ3n) is 5.46. The van der Waals surface area contributed by atoms with E-state index in [9.17, 15) is 9.59 Å². The van der Waals surface area contributed by atoms with Crippen molar-refractivity contribution in [3.8, 4) is 11.1 Å². The fourth-order valence-corrected chi connectivity index (χ4v) is 3.79. The zero-order valence-corrected chi connectivity index (χ0v) is 17.1. The number of imide groups is 1. The fourth-order valence-electron chi connectivity index (χ4n) is 3.79. The first-order valence-corrected chi connectivity index (χ1v) is 9.67. The number of anilines is 2. The molecule has 1 saturated heterocycles. The number of urea groups is 1. The minimum atomic E-state index is -1.03. The number of amides is 3. The zero-order valence-electron chi connectivity index (χ0n) is 17.1. The summed E-state index contributed by atoms with van der Waals surface area (Å²) < 4.78 is 0. The summed E-state index contributed by atoms with van der Waals surface area (Å²) >= 11 is 0. The summed E-state index contributed by atoms with van der Waals surface area (Å²) in [5.74, 6) is -0.297. The summed E-state index contributed by atoms with van der Waals surface area (Å²) in [5.41, 5.74) is 3.47. The molecule has 1 fully saturated rings. The van der Waals surface area contributed by atoms with Gasteiger partial charge in [-0.3, -0.25) is 9.69 Å². The van der Waals surface area contributed by atoms with Gasteiger partial charge in [0, 0.05) is 5.69 Å². The second kappa shape index (κ2) is 7.16. The number of rotatable bonds is 3. The van der Waals surface area contributed by atoms with E-state index in [4.69, 9.17) is 6.57 Å². The Morgan fingerprint density at radius 3 is 2.03 bits per heavy atom. The molecule has 1 aliphatic rings. The monoisotopic (exact) mass is 395 g/mol. The third-order valence-corrected chi connectivity index (χ3v) is 5.46. The molecule has 0 saturated carbocycles. The lowest BCUT2D eigenvalue weighted by molar-refractivity contribution is -0.120. The molecule has 30 heavy (non-hydrogen) atoms. The van der Waals surface area contributed by atoms with E-state index < -0.39 is 11.6 Å². The standard InChI is InChI=1S/C25H21N3O2/c1-17-16-21(14-15-22(17)26-4)27-23(29)25(2,3)28(24(27)30)20-12-10-19(11-13-20)18-8-6-5-7-9-18/h5-16H,1-3H3. The molecule has 0 aromatic heterocycles. The Labute approximate surface area is 176 Å². The highest BCUT2D eigenvalue weighted by atomic mass is 16.2. The van der Waals surface area contributed by atoms with Gasteiger partial charge in [-0.05, 0) is 61.7 Å². The van der Waals surface area contributed by atoms with Crippen molar-refractivity contribution >= 4 is 29.0 Å². The maximum atomic E-state index is 13.3. The number of carbonyl (C=O) groups excluding carboxylic acids is 2. The van der Waals surface area contributed by atoms with E-state index in [0.29, 0.717) is 17.1 Å². The molecular weight excluding hydrogens is 374 g/mol. The lowest BCUT2D eigenvalue weighted by Crippen LogP contribution is -2.44. The van der Waals surface area contributed by atoms with Crippen LogP contribution in [-0.2, 0) is 4.79 Å². The molecule has 5 heteroatoms. The summed E-state index contributed by atoms with van der Waals surface area (Å²) in [5, 5.41) is 0. The number of carbonyl (C=O) groups is 2. The van der Waals surface area contributed by atoms with Crippen LogP contribution in [0.25, 0.3) is 16.0 Å². The molecule has 0 spiro atoms. The molecule has 148 valence electrons. The lowest BCUT2D eigenvalue weighted by atomic mass is 10.0. The first kappa shape index (κ1) is 19.4. The highest BCUT2D eigenvalue weighted by molar-refractivity contribution is 6.30. The van der Waals surface area contributed by atoms with Gasteiger partial charge >= 0.3 is 6.03 Å². The Kier molecular flexibility index (Phi) is 4.63. The Morgan fingerprint density at radius 2 is 1.43 bits per heavy atom. The molecule has 0 bridgehead atoms. The van der Waals surface area contributed by atoms with E-state index in [1.807, 2.05) is 54.6 Å². The predicted molar refractivity (Wildman–Crippen MR) is 119 cm³/mol. The van der Waals surface area contributed by atoms with Crippen LogP contribution in [0.15, 0.2) is 72.8 Å². The molecule has 4 rings (SSSR count). The topological polar surface area (TPSA) is 45.0 Å². The van der Waals surface area contributed by atoms with Crippen LogP contribution in [0.1, 0.15) is 19.4 Å². The van der Waals surface area contributed by atoms with Gasteiger partial charge in [0.15, 0.2) is 5.69 Å². The number of hydrogen-bond donors (Lipinski definition) is 0. The summed E-state index contributed by atoms with van der Waals surface area (Å²) in [6.45, 7) is 12.5. The van der Waals surface area contributed by atoms with Gasteiger partial charge in [-0.15, -0.1) is 0 Å². The molecule has 3 amide bonds. The van der Waals surface area contributed by atoms with Gasteiger partial charge < -0.3 is 0 Å². The highest BCUT2D eigenvalue weighted by Gasteiger charge is 2.52. The Morgan fingerprint density at radius 1 is 0.833 bits per heavy atom. The molecule has 0 N–H and O–H groups in total. The fraction of sp³-hybridized carbons (Fsp3) is 0.160. The Balaban J connectivity index is 1.71. The van der Waals surface area contributed by atoms with Crippen molar-refractivity contribution in [2.45, 2.75) is 26.3 Å². The summed E-state index contributed by atoms with van der Waals surface area (Å²) in [4.78, 5) is 32.7. The molecule has 0 radical (unpaired) electrons. The van der Waals surface area contributed by atoms with Crippen molar-refractivity contribution in [2.24, 2.45) is 0 Å². The van der Waals surface area contributed by atoms with Crippen LogP contribution in [0.4, 0.5) is 21.9 Å². The van der Waals surface area contributed by atoms with E-state index >= 15 is 0 Å². The lowest BCUT2D eigenvalue weighted by Gasteiger charge is -2.27. The molecular formula is C25H21N3O2. The van der Waals surface area contributed by atoms with Crippen LogP contribution in [0, 0.1) is 13.5 Å². The maximum Gasteiger partial charge on any atom is 0.336 e.